The number of morpholine rings is 1. The predicted molar refractivity (Wildman–Crippen MR) is 138 cm³/mol. The van der Waals surface area contributed by atoms with Crippen molar-refractivity contribution in [2.45, 2.75) is 32.4 Å². The first-order valence-corrected chi connectivity index (χ1v) is 11.6. The minimum atomic E-state index is -0.0257. The van der Waals surface area contributed by atoms with Crippen molar-refractivity contribution in [2.24, 2.45) is 4.99 Å². The lowest BCUT2D eigenvalue weighted by Gasteiger charge is -2.37. The van der Waals surface area contributed by atoms with E-state index in [2.05, 4.69) is 45.0 Å². The van der Waals surface area contributed by atoms with Gasteiger partial charge in [0.25, 0.3) is 0 Å². The minimum absolute atomic E-state index is 0. The van der Waals surface area contributed by atoms with Crippen molar-refractivity contribution >= 4 is 47.2 Å². The van der Waals surface area contributed by atoms with Gasteiger partial charge >= 0.3 is 0 Å². The summed E-state index contributed by atoms with van der Waals surface area (Å²) in [5.41, 5.74) is 0. The van der Waals surface area contributed by atoms with Crippen LogP contribution in [0.25, 0.3) is 0 Å². The molecule has 10 heteroatoms. The summed E-state index contributed by atoms with van der Waals surface area (Å²) in [6, 6.07) is 4.50. The van der Waals surface area contributed by atoms with Crippen molar-refractivity contribution in [1.29, 1.82) is 0 Å². The lowest BCUT2D eigenvalue weighted by Crippen LogP contribution is -2.48. The third-order valence-corrected chi connectivity index (χ3v) is 5.85. The van der Waals surface area contributed by atoms with Gasteiger partial charge in [-0.2, -0.15) is 0 Å². The number of nitrogens with one attached hydrogen (secondary N) is 2. The van der Waals surface area contributed by atoms with E-state index in [4.69, 9.17) is 9.47 Å². The standard InChI is InChI=1S/C21H37N5O3S.HI/c1-5-28-11-7-9-22-21(24-15-20(27)25(3)4)23-14-18(19-8-6-13-30-19)26-10-12-29-17(2)16-26;/h6,8,13,17-18H,5,7,9-12,14-16H2,1-4H3,(H2,22,23,24);1H. The van der Waals surface area contributed by atoms with Gasteiger partial charge in [0.1, 0.15) is 6.54 Å². The van der Waals surface area contributed by atoms with E-state index in [1.54, 1.807) is 30.3 Å². The summed E-state index contributed by atoms with van der Waals surface area (Å²) in [7, 11) is 3.49. The number of hydrogen-bond donors (Lipinski definition) is 2. The van der Waals surface area contributed by atoms with Crippen LogP contribution >= 0.6 is 35.3 Å². The van der Waals surface area contributed by atoms with Gasteiger partial charge in [0.05, 0.1) is 18.8 Å². The first kappa shape index (κ1) is 28.1. The number of guanidine groups is 1. The average Bonchev–Trinajstić information content (AvgIpc) is 3.25. The van der Waals surface area contributed by atoms with Gasteiger partial charge in [0.15, 0.2) is 5.96 Å². The minimum Gasteiger partial charge on any atom is -0.382 e. The molecule has 0 aliphatic carbocycles. The number of ether oxygens (including phenoxy) is 2. The Bertz CT molecular complexity index is 645. The SMILES string of the molecule is CCOCCCNC(=NCC(=O)N(C)C)NCC(c1cccs1)N1CCOC(C)C1.I. The molecule has 0 aromatic carbocycles. The second kappa shape index (κ2) is 15.8. The van der Waals surface area contributed by atoms with Gasteiger partial charge in [-0.15, -0.1) is 35.3 Å². The summed E-state index contributed by atoms with van der Waals surface area (Å²) in [5.74, 6) is 0.631. The van der Waals surface area contributed by atoms with E-state index in [1.807, 2.05) is 6.92 Å². The van der Waals surface area contributed by atoms with Crippen LogP contribution in [-0.2, 0) is 14.3 Å². The third-order valence-electron chi connectivity index (χ3n) is 4.88. The van der Waals surface area contributed by atoms with E-state index >= 15 is 0 Å². The van der Waals surface area contributed by atoms with E-state index in [1.165, 1.54) is 4.88 Å². The Morgan fingerprint density at radius 1 is 1.45 bits per heavy atom. The topological polar surface area (TPSA) is 78.4 Å². The Balaban J connectivity index is 0.00000480. The van der Waals surface area contributed by atoms with Crippen LogP contribution in [0.15, 0.2) is 22.5 Å². The molecule has 8 nitrogen and oxygen atoms in total. The first-order chi connectivity index (χ1) is 14.5. The van der Waals surface area contributed by atoms with Crippen LogP contribution in [0.5, 0.6) is 0 Å². The molecular formula is C21H38IN5O3S. The zero-order chi connectivity index (χ0) is 21.8. The lowest BCUT2D eigenvalue weighted by atomic mass is 10.1. The maximum atomic E-state index is 12.0. The molecule has 1 aromatic rings. The van der Waals surface area contributed by atoms with Gasteiger partial charge in [-0.25, -0.2) is 4.99 Å². The molecule has 1 aromatic heterocycles. The third kappa shape index (κ3) is 10.5. The van der Waals surface area contributed by atoms with E-state index in [9.17, 15) is 4.79 Å². The van der Waals surface area contributed by atoms with Crippen molar-refractivity contribution in [3.63, 3.8) is 0 Å². The summed E-state index contributed by atoms with van der Waals surface area (Å²) < 4.78 is 11.1. The molecule has 0 saturated carbocycles. The maximum Gasteiger partial charge on any atom is 0.243 e. The fraction of sp³-hybridized carbons (Fsp3) is 0.714. The molecule has 1 amide bonds. The quantitative estimate of drug-likeness (QED) is 0.185. The van der Waals surface area contributed by atoms with Gasteiger partial charge in [0, 0.05) is 58.4 Å². The van der Waals surface area contributed by atoms with Gasteiger partial charge in [-0.05, 0) is 31.7 Å². The van der Waals surface area contributed by atoms with Crippen LogP contribution in [0.2, 0.25) is 0 Å². The van der Waals surface area contributed by atoms with Gasteiger partial charge in [-0.1, -0.05) is 6.07 Å². The van der Waals surface area contributed by atoms with Crippen molar-refractivity contribution in [2.75, 3.05) is 66.6 Å². The van der Waals surface area contributed by atoms with Crippen molar-refractivity contribution in [3.8, 4) is 0 Å². The number of amides is 1. The summed E-state index contributed by atoms with van der Waals surface area (Å²) in [6.07, 6.45) is 1.11. The summed E-state index contributed by atoms with van der Waals surface area (Å²) in [5, 5.41) is 8.90. The van der Waals surface area contributed by atoms with Gasteiger partial charge < -0.3 is 25.0 Å². The van der Waals surface area contributed by atoms with E-state index in [0.717, 1.165) is 39.3 Å². The van der Waals surface area contributed by atoms with Crippen molar-refractivity contribution < 1.29 is 14.3 Å². The summed E-state index contributed by atoms with van der Waals surface area (Å²) >= 11 is 1.77. The number of hydrogen-bond acceptors (Lipinski definition) is 6. The molecule has 2 atom stereocenters. The molecule has 1 aliphatic heterocycles. The fourth-order valence-corrected chi connectivity index (χ4v) is 4.06. The monoisotopic (exact) mass is 567 g/mol. The van der Waals surface area contributed by atoms with Crippen LogP contribution in [0.3, 0.4) is 0 Å². The van der Waals surface area contributed by atoms with E-state index in [0.29, 0.717) is 19.1 Å². The zero-order valence-electron chi connectivity index (χ0n) is 19.1. The van der Waals surface area contributed by atoms with E-state index < -0.39 is 0 Å². The largest absolute Gasteiger partial charge is 0.382 e. The highest BCUT2D eigenvalue weighted by Crippen LogP contribution is 2.26. The van der Waals surface area contributed by atoms with Crippen LogP contribution in [0.1, 0.15) is 31.2 Å². The Morgan fingerprint density at radius 3 is 2.90 bits per heavy atom. The molecule has 178 valence electrons. The van der Waals surface area contributed by atoms with Crippen LogP contribution in [-0.4, -0.2) is 94.4 Å². The Labute approximate surface area is 207 Å². The number of halogens is 1. The number of carbonyl (C=O) groups is 1. The van der Waals surface area contributed by atoms with Gasteiger partial charge in [0.2, 0.25) is 5.91 Å². The highest BCUT2D eigenvalue weighted by atomic mass is 127. The smallest absolute Gasteiger partial charge is 0.243 e. The average molecular weight is 568 g/mol. The van der Waals surface area contributed by atoms with E-state index in [-0.39, 0.29) is 48.6 Å². The predicted octanol–water partition coefficient (Wildman–Crippen LogP) is 2.18. The molecule has 2 unspecified atom stereocenters. The Kier molecular flexibility index (Phi) is 14.3. The van der Waals surface area contributed by atoms with Crippen LogP contribution < -0.4 is 10.6 Å². The molecule has 0 spiro atoms. The zero-order valence-corrected chi connectivity index (χ0v) is 22.3. The molecular weight excluding hydrogens is 529 g/mol. The number of likely N-dealkylation sites (N-methyl/N-ethyl adjacent to an activating group) is 1. The summed E-state index contributed by atoms with van der Waals surface area (Å²) in [4.78, 5) is 21.8. The number of nitrogens with zero attached hydrogens (tertiary/aromatic N) is 3. The molecule has 2 N–H and O–H groups in total. The molecule has 0 radical (unpaired) electrons. The lowest BCUT2D eigenvalue weighted by molar-refractivity contribution is -0.127. The molecule has 2 rings (SSSR count). The molecule has 1 saturated heterocycles. The molecule has 0 bridgehead atoms. The number of thiophene rings is 1. The normalized spacial score (nSPS) is 18.2. The van der Waals surface area contributed by atoms with Crippen LogP contribution in [0.4, 0.5) is 0 Å². The van der Waals surface area contributed by atoms with Crippen molar-refractivity contribution in [1.82, 2.24) is 20.4 Å². The van der Waals surface area contributed by atoms with Crippen LogP contribution in [0, 0.1) is 0 Å². The van der Waals surface area contributed by atoms with Crippen molar-refractivity contribution in [3.05, 3.63) is 22.4 Å². The van der Waals surface area contributed by atoms with Gasteiger partial charge in [-0.3, -0.25) is 9.69 Å². The number of aliphatic imine (C=N–C) groups is 1. The summed E-state index contributed by atoms with van der Waals surface area (Å²) in [6.45, 7) is 9.65. The molecule has 31 heavy (non-hydrogen) atoms. The first-order valence-electron chi connectivity index (χ1n) is 10.7. The second-order valence-corrected chi connectivity index (χ2v) is 8.50. The second-order valence-electron chi connectivity index (χ2n) is 7.52. The number of carbonyl (C=O) groups excluding carboxylic acids is 1. The molecule has 2 heterocycles. The number of rotatable bonds is 11. The highest BCUT2D eigenvalue weighted by Gasteiger charge is 2.26. The Hall–Kier alpha value is -0.950. The maximum absolute atomic E-state index is 12.0. The molecule has 1 aliphatic rings. The molecule has 1 fully saturated rings. The Morgan fingerprint density at radius 2 is 2.26 bits per heavy atom. The highest BCUT2D eigenvalue weighted by molar-refractivity contribution is 14.0. The fourth-order valence-electron chi connectivity index (χ4n) is 3.20.